The summed E-state index contributed by atoms with van der Waals surface area (Å²) in [4.78, 5) is 11.8. The molecular formula is C11H12BrFO2. The monoisotopic (exact) mass is 274 g/mol. The van der Waals surface area contributed by atoms with Gasteiger partial charge in [-0.1, -0.05) is 13.8 Å². The maximum atomic E-state index is 13.2. The zero-order valence-electron chi connectivity index (χ0n) is 8.80. The van der Waals surface area contributed by atoms with Gasteiger partial charge in [-0.2, -0.15) is 0 Å². The average molecular weight is 275 g/mol. The first kappa shape index (κ1) is 12.2. The second-order valence-electron chi connectivity index (χ2n) is 3.46. The van der Waals surface area contributed by atoms with Crippen molar-refractivity contribution in [3.63, 3.8) is 0 Å². The molecule has 0 aliphatic rings. The molecule has 0 unspecified atom stereocenters. The number of benzene rings is 1. The van der Waals surface area contributed by atoms with Crippen LogP contribution in [0, 0.1) is 11.7 Å². The van der Waals surface area contributed by atoms with Crippen LogP contribution in [0.25, 0.3) is 0 Å². The summed E-state index contributed by atoms with van der Waals surface area (Å²) >= 11 is 3.06. The number of hydrogen-bond donors (Lipinski definition) is 0. The number of halogens is 2. The molecule has 1 aromatic carbocycles. The minimum absolute atomic E-state index is 0.0625. The van der Waals surface area contributed by atoms with Gasteiger partial charge in [-0.15, -0.1) is 0 Å². The van der Waals surface area contributed by atoms with E-state index in [4.69, 9.17) is 4.74 Å². The normalized spacial score (nSPS) is 10.5. The van der Waals surface area contributed by atoms with E-state index in [-0.39, 0.29) is 21.9 Å². The predicted molar refractivity (Wildman–Crippen MR) is 59.8 cm³/mol. The van der Waals surface area contributed by atoms with Crippen LogP contribution in [0.2, 0.25) is 0 Å². The second kappa shape index (κ2) is 4.75. The summed E-state index contributed by atoms with van der Waals surface area (Å²) in [5.41, 5.74) is 0.403. The third kappa shape index (κ3) is 2.37. The number of hydrogen-bond acceptors (Lipinski definition) is 2. The Kier molecular flexibility index (Phi) is 3.85. The third-order valence-corrected chi connectivity index (χ3v) is 2.78. The van der Waals surface area contributed by atoms with Crippen molar-refractivity contribution in [1.82, 2.24) is 0 Å². The number of rotatable bonds is 3. The highest BCUT2D eigenvalue weighted by atomic mass is 79.9. The predicted octanol–water partition coefficient (Wildman–Crippen LogP) is 3.44. The number of carbonyl (C=O) groups excluding carboxylic acids is 1. The molecular weight excluding hydrogens is 263 g/mol. The van der Waals surface area contributed by atoms with Gasteiger partial charge in [0.1, 0.15) is 11.6 Å². The van der Waals surface area contributed by atoms with Gasteiger partial charge in [0.25, 0.3) is 0 Å². The molecule has 82 valence electrons. The molecule has 0 atom stereocenters. The summed E-state index contributed by atoms with van der Waals surface area (Å²) in [6, 6.07) is 2.70. The Labute approximate surface area is 96.6 Å². The van der Waals surface area contributed by atoms with E-state index in [0.29, 0.717) is 5.56 Å². The van der Waals surface area contributed by atoms with E-state index in [9.17, 15) is 9.18 Å². The van der Waals surface area contributed by atoms with E-state index < -0.39 is 5.82 Å². The van der Waals surface area contributed by atoms with Gasteiger partial charge in [0.15, 0.2) is 5.78 Å². The highest BCUT2D eigenvalue weighted by Gasteiger charge is 2.19. The molecule has 0 N–H and O–H groups in total. The third-order valence-electron chi connectivity index (χ3n) is 2.04. The standard InChI is InChI=1S/C11H12BrFO2/c1-6(2)10(14)7-4-5-8(13)9(12)11(7)15-3/h4-6H,1-3H3. The molecule has 0 bridgehead atoms. The van der Waals surface area contributed by atoms with Crippen molar-refractivity contribution < 1.29 is 13.9 Å². The Bertz CT molecular complexity index is 388. The lowest BCUT2D eigenvalue weighted by atomic mass is 10.0. The molecule has 0 aliphatic carbocycles. The van der Waals surface area contributed by atoms with Crippen LogP contribution in [-0.4, -0.2) is 12.9 Å². The lowest BCUT2D eigenvalue weighted by molar-refractivity contribution is 0.0936. The van der Waals surface area contributed by atoms with Crippen molar-refractivity contribution in [1.29, 1.82) is 0 Å². The molecule has 0 fully saturated rings. The second-order valence-corrected chi connectivity index (χ2v) is 4.25. The van der Waals surface area contributed by atoms with Crippen molar-refractivity contribution in [2.75, 3.05) is 7.11 Å². The maximum absolute atomic E-state index is 13.2. The zero-order valence-corrected chi connectivity index (χ0v) is 10.4. The fourth-order valence-electron chi connectivity index (χ4n) is 1.24. The molecule has 0 heterocycles. The average Bonchev–Trinajstić information content (AvgIpc) is 2.20. The fourth-order valence-corrected chi connectivity index (χ4v) is 1.74. The van der Waals surface area contributed by atoms with Crippen molar-refractivity contribution in [2.45, 2.75) is 13.8 Å². The van der Waals surface area contributed by atoms with Crippen LogP contribution in [-0.2, 0) is 0 Å². The van der Waals surface area contributed by atoms with Gasteiger partial charge in [0, 0.05) is 5.92 Å². The van der Waals surface area contributed by atoms with Crippen LogP contribution in [0.1, 0.15) is 24.2 Å². The van der Waals surface area contributed by atoms with Crippen molar-refractivity contribution >= 4 is 21.7 Å². The molecule has 1 aromatic rings. The molecule has 0 saturated carbocycles. The van der Waals surface area contributed by atoms with E-state index in [1.54, 1.807) is 13.8 Å². The Hall–Kier alpha value is -0.900. The van der Waals surface area contributed by atoms with Gasteiger partial charge in [-0.25, -0.2) is 4.39 Å². The summed E-state index contributed by atoms with van der Waals surface area (Å²) in [7, 11) is 1.41. The summed E-state index contributed by atoms with van der Waals surface area (Å²) in [6.07, 6.45) is 0. The summed E-state index contributed by atoms with van der Waals surface area (Å²) in [5.74, 6) is -0.385. The molecule has 0 saturated heterocycles. The Morgan fingerprint density at radius 1 is 1.47 bits per heavy atom. The van der Waals surface area contributed by atoms with Gasteiger partial charge in [0.2, 0.25) is 0 Å². The topological polar surface area (TPSA) is 26.3 Å². The fraction of sp³-hybridized carbons (Fsp3) is 0.364. The lowest BCUT2D eigenvalue weighted by Gasteiger charge is -2.11. The number of carbonyl (C=O) groups is 1. The highest BCUT2D eigenvalue weighted by molar-refractivity contribution is 9.10. The van der Waals surface area contributed by atoms with E-state index in [1.807, 2.05) is 0 Å². The van der Waals surface area contributed by atoms with E-state index in [2.05, 4.69) is 15.9 Å². The lowest BCUT2D eigenvalue weighted by Crippen LogP contribution is -2.09. The molecule has 1 rings (SSSR count). The first-order valence-electron chi connectivity index (χ1n) is 4.55. The SMILES string of the molecule is COc1c(C(=O)C(C)C)ccc(F)c1Br. The van der Waals surface area contributed by atoms with Crippen LogP contribution in [0.5, 0.6) is 5.75 Å². The van der Waals surface area contributed by atoms with Crippen LogP contribution < -0.4 is 4.74 Å². The van der Waals surface area contributed by atoms with Crippen LogP contribution in [0.3, 0.4) is 0 Å². The van der Waals surface area contributed by atoms with Crippen molar-refractivity contribution in [2.24, 2.45) is 5.92 Å². The summed E-state index contributed by atoms with van der Waals surface area (Å²) < 4.78 is 18.4. The Balaban J connectivity index is 3.31. The zero-order chi connectivity index (χ0) is 11.6. The minimum Gasteiger partial charge on any atom is -0.495 e. The Morgan fingerprint density at radius 2 is 2.07 bits per heavy atom. The van der Waals surface area contributed by atoms with Gasteiger partial charge in [-0.05, 0) is 28.1 Å². The first-order chi connectivity index (χ1) is 6.99. The van der Waals surface area contributed by atoms with Crippen LogP contribution >= 0.6 is 15.9 Å². The smallest absolute Gasteiger partial charge is 0.169 e. The molecule has 0 radical (unpaired) electrons. The van der Waals surface area contributed by atoms with E-state index in [0.717, 1.165) is 0 Å². The highest BCUT2D eigenvalue weighted by Crippen LogP contribution is 2.32. The van der Waals surface area contributed by atoms with Gasteiger partial charge in [-0.3, -0.25) is 4.79 Å². The summed E-state index contributed by atoms with van der Waals surface area (Å²) in [6.45, 7) is 3.58. The molecule has 4 heteroatoms. The first-order valence-corrected chi connectivity index (χ1v) is 5.34. The van der Waals surface area contributed by atoms with Crippen molar-refractivity contribution in [3.8, 4) is 5.75 Å². The molecule has 2 nitrogen and oxygen atoms in total. The van der Waals surface area contributed by atoms with Gasteiger partial charge in [0.05, 0.1) is 17.1 Å². The number of methoxy groups -OCH3 is 1. The van der Waals surface area contributed by atoms with Crippen LogP contribution in [0.4, 0.5) is 4.39 Å². The number of ketones is 1. The molecule has 0 aromatic heterocycles. The van der Waals surface area contributed by atoms with Gasteiger partial charge < -0.3 is 4.74 Å². The van der Waals surface area contributed by atoms with Gasteiger partial charge >= 0.3 is 0 Å². The van der Waals surface area contributed by atoms with Crippen LogP contribution in [0.15, 0.2) is 16.6 Å². The molecule has 0 aliphatic heterocycles. The Morgan fingerprint density at radius 3 is 2.53 bits per heavy atom. The van der Waals surface area contributed by atoms with Crippen molar-refractivity contribution in [3.05, 3.63) is 28.0 Å². The largest absolute Gasteiger partial charge is 0.495 e. The maximum Gasteiger partial charge on any atom is 0.169 e. The molecule has 15 heavy (non-hydrogen) atoms. The molecule has 0 amide bonds. The summed E-state index contributed by atoms with van der Waals surface area (Å²) in [5, 5.41) is 0. The quantitative estimate of drug-likeness (QED) is 0.790. The minimum atomic E-state index is -0.438. The number of Topliss-reactive ketones (excluding diaryl/α,β-unsaturated/α-hetero) is 1. The van der Waals surface area contributed by atoms with E-state index in [1.165, 1.54) is 19.2 Å². The molecule has 0 spiro atoms. The number of ether oxygens (including phenoxy) is 1. The van der Waals surface area contributed by atoms with E-state index >= 15 is 0 Å².